The topological polar surface area (TPSA) is 77.1 Å². The van der Waals surface area contributed by atoms with E-state index in [2.05, 4.69) is 5.32 Å². The molecule has 0 aromatic heterocycles. The van der Waals surface area contributed by atoms with Crippen LogP contribution in [0.2, 0.25) is 0 Å². The Hall–Kier alpha value is -3.91. The number of rotatable bonds is 6. The SMILES string of the molecule is COCCN1C(=O)c2ccccc2[C@H](C(=O)Nc2ccc3c(c2)OCO3)[C@H]1c1ccc(F)cc1. The number of anilines is 1. The van der Waals surface area contributed by atoms with Crippen LogP contribution in [0.1, 0.15) is 33.4 Å². The predicted octanol–water partition coefficient (Wildman–Crippen LogP) is 4.12. The van der Waals surface area contributed by atoms with Crippen LogP contribution in [0.3, 0.4) is 0 Å². The van der Waals surface area contributed by atoms with Crippen molar-refractivity contribution in [2.24, 2.45) is 0 Å². The summed E-state index contributed by atoms with van der Waals surface area (Å²) in [6, 6.07) is 17.5. The molecule has 174 valence electrons. The van der Waals surface area contributed by atoms with Gasteiger partial charge in [-0.15, -0.1) is 0 Å². The molecule has 2 atom stereocenters. The summed E-state index contributed by atoms with van der Waals surface area (Å²) in [4.78, 5) is 28.9. The van der Waals surface area contributed by atoms with Crippen molar-refractivity contribution in [3.05, 3.63) is 89.2 Å². The average Bonchev–Trinajstić information content (AvgIpc) is 3.32. The fraction of sp³-hybridized carbons (Fsp3) is 0.231. The van der Waals surface area contributed by atoms with Gasteiger partial charge in [-0.2, -0.15) is 0 Å². The Balaban J connectivity index is 1.58. The van der Waals surface area contributed by atoms with Crippen LogP contribution in [0.5, 0.6) is 11.5 Å². The zero-order valence-corrected chi connectivity index (χ0v) is 18.5. The van der Waals surface area contributed by atoms with Crippen LogP contribution in [-0.2, 0) is 9.53 Å². The molecule has 3 aromatic rings. The first-order valence-electron chi connectivity index (χ1n) is 10.9. The molecule has 2 heterocycles. The summed E-state index contributed by atoms with van der Waals surface area (Å²) in [7, 11) is 1.55. The second-order valence-corrected chi connectivity index (χ2v) is 8.11. The van der Waals surface area contributed by atoms with Gasteiger partial charge in [0.15, 0.2) is 11.5 Å². The minimum atomic E-state index is -0.735. The number of benzene rings is 3. The van der Waals surface area contributed by atoms with Crippen molar-refractivity contribution in [1.82, 2.24) is 4.90 Å². The number of halogens is 1. The van der Waals surface area contributed by atoms with Crippen LogP contribution in [0.15, 0.2) is 66.7 Å². The van der Waals surface area contributed by atoms with Crippen LogP contribution in [0, 0.1) is 5.82 Å². The minimum Gasteiger partial charge on any atom is -0.454 e. The number of nitrogens with zero attached hydrogens (tertiary/aromatic N) is 1. The molecule has 8 heteroatoms. The first kappa shape index (κ1) is 21.9. The van der Waals surface area contributed by atoms with Gasteiger partial charge < -0.3 is 24.4 Å². The lowest BCUT2D eigenvalue weighted by atomic mass is 9.79. The summed E-state index contributed by atoms with van der Waals surface area (Å²) in [6.07, 6.45) is 0. The van der Waals surface area contributed by atoms with E-state index >= 15 is 0 Å². The molecule has 2 aliphatic heterocycles. The summed E-state index contributed by atoms with van der Waals surface area (Å²) in [5.41, 5.74) is 2.28. The monoisotopic (exact) mass is 462 g/mol. The standard InChI is InChI=1S/C26H23FN2O5/c1-32-13-12-29-24(16-6-8-17(27)9-7-16)23(19-4-2-3-5-20(19)26(29)31)25(30)28-18-10-11-21-22(14-18)34-15-33-21/h2-11,14,23-24H,12-13,15H2,1H3,(H,28,30)/t23-,24+/m0/s1. The molecule has 0 saturated heterocycles. The second-order valence-electron chi connectivity index (χ2n) is 8.11. The molecular formula is C26H23FN2O5. The summed E-state index contributed by atoms with van der Waals surface area (Å²) >= 11 is 0. The summed E-state index contributed by atoms with van der Waals surface area (Å²) < 4.78 is 29.7. The van der Waals surface area contributed by atoms with Crippen LogP contribution < -0.4 is 14.8 Å². The van der Waals surface area contributed by atoms with Crippen molar-refractivity contribution in [3.8, 4) is 11.5 Å². The van der Waals surface area contributed by atoms with Gasteiger partial charge in [-0.1, -0.05) is 30.3 Å². The Bertz CT molecular complexity index is 1230. The van der Waals surface area contributed by atoms with Gasteiger partial charge in [0.05, 0.1) is 18.6 Å². The first-order valence-corrected chi connectivity index (χ1v) is 10.9. The number of carbonyl (C=O) groups is 2. The normalized spacial score (nSPS) is 18.5. The highest BCUT2D eigenvalue weighted by Gasteiger charge is 2.44. The van der Waals surface area contributed by atoms with Gasteiger partial charge in [0.2, 0.25) is 12.7 Å². The fourth-order valence-electron chi connectivity index (χ4n) is 4.54. The van der Waals surface area contributed by atoms with E-state index in [1.54, 1.807) is 66.6 Å². The summed E-state index contributed by atoms with van der Waals surface area (Å²) in [6.45, 7) is 0.702. The predicted molar refractivity (Wildman–Crippen MR) is 122 cm³/mol. The molecule has 0 aliphatic carbocycles. The molecular weight excluding hydrogens is 439 g/mol. The average molecular weight is 462 g/mol. The fourth-order valence-corrected chi connectivity index (χ4v) is 4.54. The van der Waals surface area contributed by atoms with Crippen LogP contribution >= 0.6 is 0 Å². The van der Waals surface area contributed by atoms with E-state index < -0.39 is 17.8 Å². The van der Waals surface area contributed by atoms with Gasteiger partial charge in [-0.25, -0.2) is 4.39 Å². The number of hydrogen-bond acceptors (Lipinski definition) is 5. The Labute approximate surface area is 196 Å². The number of fused-ring (bicyclic) bond motifs is 2. The molecule has 2 aliphatic rings. The molecule has 0 fully saturated rings. The lowest BCUT2D eigenvalue weighted by Crippen LogP contribution is -2.47. The van der Waals surface area contributed by atoms with Crippen molar-refractivity contribution in [3.63, 3.8) is 0 Å². The zero-order chi connectivity index (χ0) is 23.7. The molecule has 0 bridgehead atoms. The lowest BCUT2D eigenvalue weighted by Gasteiger charge is -2.41. The van der Waals surface area contributed by atoms with Crippen molar-refractivity contribution in [2.45, 2.75) is 12.0 Å². The second kappa shape index (κ2) is 9.15. The lowest BCUT2D eigenvalue weighted by molar-refractivity contribution is -0.119. The Kier molecular flexibility index (Phi) is 5.90. The van der Waals surface area contributed by atoms with Crippen LogP contribution in [-0.4, -0.2) is 43.8 Å². The quantitative estimate of drug-likeness (QED) is 0.596. The molecule has 0 radical (unpaired) electrons. The Morgan fingerprint density at radius 1 is 1.09 bits per heavy atom. The smallest absolute Gasteiger partial charge is 0.254 e. The van der Waals surface area contributed by atoms with Gasteiger partial charge in [0, 0.05) is 31.0 Å². The van der Waals surface area contributed by atoms with Crippen LogP contribution in [0.25, 0.3) is 0 Å². The number of carbonyl (C=O) groups excluding carboxylic acids is 2. The largest absolute Gasteiger partial charge is 0.454 e. The number of ether oxygens (including phenoxy) is 3. The molecule has 5 rings (SSSR count). The third-order valence-corrected chi connectivity index (χ3v) is 6.11. The molecule has 0 spiro atoms. The highest BCUT2D eigenvalue weighted by atomic mass is 19.1. The number of hydrogen-bond donors (Lipinski definition) is 1. The summed E-state index contributed by atoms with van der Waals surface area (Å²) in [5.74, 6) is -0.460. The van der Waals surface area contributed by atoms with Crippen LogP contribution in [0.4, 0.5) is 10.1 Å². The van der Waals surface area contributed by atoms with Crippen molar-refractivity contribution < 1.29 is 28.2 Å². The van der Waals surface area contributed by atoms with Gasteiger partial charge in [-0.3, -0.25) is 9.59 Å². The zero-order valence-electron chi connectivity index (χ0n) is 18.5. The van der Waals surface area contributed by atoms with Gasteiger partial charge >= 0.3 is 0 Å². The van der Waals surface area contributed by atoms with Crippen molar-refractivity contribution >= 4 is 17.5 Å². The first-order chi connectivity index (χ1) is 16.6. The van der Waals surface area contributed by atoms with Gasteiger partial charge in [0.1, 0.15) is 5.82 Å². The third kappa shape index (κ3) is 3.97. The molecule has 2 amide bonds. The maximum absolute atomic E-state index is 13.8. The summed E-state index contributed by atoms with van der Waals surface area (Å²) in [5, 5.41) is 2.97. The number of methoxy groups -OCH3 is 1. The molecule has 34 heavy (non-hydrogen) atoms. The van der Waals surface area contributed by atoms with E-state index in [4.69, 9.17) is 14.2 Å². The number of amides is 2. The Morgan fingerprint density at radius 2 is 1.85 bits per heavy atom. The highest BCUT2D eigenvalue weighted by molar-refractivity contribution is 6.04. The minimum absolute atomic E-state index is 0.131. The van der Waals surface area contributed by atoms with E-state index in [9.17, 15) is 14.0 Å². The maximum atomic E-state index is 13.8. The number of nitrogens with one attached hydrogen (secondary N) is 1. The Morgan fingerprint density at radius 3 is 2.65 bits per heavy atom. The van der Waals surface area contributed by atoms with E-state index in [0.717, 1.165) is 0 Å². The molecule has 3 aromatic carbocycles. The van der Waals surface area contributed by atoms with E-state index in [0.29, 0.717) is 40.5 Å². The van der Waals surface area contributed by atoms with E-state index in [-0.39, 0.29) is 25.2 Å². The highest BCUT2D eigenvalue weighted by Crippen LogP contribution is 2.43. The molecule has 0 saturated carbocycles. The maximum Gasteiger partial charge on any atom is 0.254 e. The van der Waals surface area contributed by atoms with E-state index in [1.807, 2.05) is 0 Å². The van der Waals surface area contributed by atoms with Gasteiger partial charge in [0.25, 0.3) is 5.91 Å². The van der Waals surface area contributed by atoms with Crippen molar-refractivity contribution in [1.29, 1.82) is 0 Å². The van der Waals surface area contributed by atoms with Crippen molar-refractivity contribution in [2.75, 3.05) is 32.4 Å². The van der Waals surface area contributed by atoms with E-state index in [1.165, 1.54) is 12.1 Å². The molecule has 7 nitrogen and oxygen atoms in total. The third-order valence-electron chi connectivity index (χ3n) is 6.11. The van der Waals surface area contributed by atoms with Gasteiger partial charge in [-0.05, 0) is 41.5 Å². The molecule has 1 N–H and O–H groups in total. The molecule has 0 unspecified atom stereocenters.